The van der Waals surface area contributed by atoms with E-state index in [-0.39, 0.29) is 5.60 Å². The molecule has 0 aliphatic carbocycles. The van der Waals surface area contributed by atoms with Crippen LogP contribution in [0.25, 0.3) is 0 Å². The van der Waals surface area contributed by atoms with Crippen LogP contribution in [0, 0.1) is 0 Å². The van der Waals surface area contributed by atoms with Gasteiger partial charge in [0.05, 0.1) is 5.60 Å². The zero-order chi connectivity index (χ0) is 11.3. The Balaban J connectivity index is 1.70. The Morgan fingerprint density at radius 2 is 2.38 bits per heavy atom. The minimum Gasteiger partial charge on any atom is -0.374 e. The fourth-order valence-corrected chi connectivity index (χ4v) is 4.12. The molecule has 2 rings (SSSR count). The van der Waals surface area contributed by atoms with E-state index in [0.717, 1.165) is 6.61 Å². The summed E-state index contributed by atoms with van der Waals surface area (Å²) in [6.45, 7) is 4.42. The van der Waals surface area contributed by atoms with E-state index >= 15 is 0 Å². The molecule has 16 heavy (non-hydrogen) atoms. The highest BCUT2D eigenvalue weighted by atomic mass is 32.2. The van der Waals surface area contributed by atoms with E-state index in [1.165, 1.54) is 56.6 Å². The molecule has 0 aromatic heterocycles. The van der Waals surface area contributed by atoms with Crippen LogP contribution in [0.1, 0.15) is 45.4 Å². The zero-order valence-corrected chi connectivity index (χ0v) is 11.3. The Morgan fingerprint density at radius 1 is 1.44 bits per heavy atom. The maximum absolute atomic E-state index is 6.02. The van der Waals surface area contributed by atoms with Gasteiger partial charge >= 0.3 is 0 Å². The molecule has 2 nitrogen and oxygen atoms in total. The molecule has 2 aliphatic rings. The molecule has 0 radical (unpaired) electrons. The zero-order valence-electron chi connectivity index (χ0n) is 10.5. The molecule has 2 unspecified atom stereocenters. The van der Waals surface area contributed by atoms with Crippen LogP contribution in [-0.2, 0) is 4.74 Å². The molecule has 94 valence electrons. The van der Waals surface area contributed by atoms with Crippen LogP contribution in [0.2, 0.25) is 0 Å². The van der Waals surface area contributed by atoms with E-state index in [1.807, 2.05) is 0 Å². The first-order valence-corrected chi connectivity index (χ1v) is 7.95. The highest BCUT2D eigenvalue weighted by molar-refractivity contribution is 7.99. The lowest BCUT2D eigenvalue weighted by Gasteiger charge is -2.38. The van der Waals surface area contributed by atoms with Crippen LogP contribution in [0.15, 0.2) is 0 Å². The van der Waals surface area contributed by atoms with Gasteiger partial charge in [-0.15, -0.1) is 0 Å². The molecule has 0 aromatic carbocycles. The molecular formula is C13H25NOS. The summed E-state index contributed by atoms with van der Waals surface area (Å²) in [6.07, 6.45) is 7.72. The second kappa shape index (κ2) is 6.27. The summed E-state index contributed by atoms with van der Waals surface area (Å²) in [5.74, 6) is 2.52. The predicted molar refractivity (Wildman–Crippen MR) is 71.2 cm³/mol. The topological polar surface area (TPSA) is 21.3 Å². The largest absolute Gasteiger partial charge is 0.374 e. The van der Waals surface area contributed by atoms with Crippen molar-refractivity contribution in [2.75, 3.05) is 24.7 Å². The molecule has 0 aromatic rings. The summed E-state index contributed by atoms with van der Waals surface area (Å²) < 4.78 is 6.02. The van der Waals surface area contributed by atoms with Gasteiger partial charge in [0.15, 0.2) is 0 Å². The minimum absolute atomic E-state index is 0.241. The molecule has 2 atom stereocenters. The molecule has 1 N–H and O–H groups in total. The fraction of sp³-hybridized carbons (Fsp3) is 1.00. The van der Waals surface area contributed by atoms with Gasteiger partial charge in [-0.25, -0.2) is 0 Å². The van der Waals surface area contributed by atoms with Crippen LogP contribution in [0.4, 0.5) is 0 Å². The maximum Gasteiger partial charge on any atom is 0.0795 e. The van der Waals surface area contributed by atoms with E-state index in [2.05, 4.69) is 24.0 Å². The van der Waals surface area contributed by atoms with Crippen molar-refractivity contribution in [2.24, 2.45) is 0 Å². The average molecular weight is 243 g/mol. The molecular weight excluding hydrogens is 218 g/mol. The Kier molecular flexibility index (Phi) is 4.98. The first kappa shape index (κ1) is 12.7. The smallest absolute Gasteiger partial charge is 0.0795 e. The summed E-state index contributed by atoms with van der Waals surface area (Å²) in [5, 5.41) is 3.72. The van der Waals surface area contributed by atoms with E-state index in [1.54, 1.807) is 0 Å². The summed E-state index contributed by atoms with van der Waals surface area (Å²) >= 11 is 2.06. The highest BCUT2D eigenvalue weighted by Crippen LogP contribution is 2.38. The van der Waals surface area contributed by atoms with Crippen molar-refractivity contribution in [3.63, 3.8) is 0 Å². The van der Waals surface area contributed by atoms with Gasteiger partial charge in [-0.3, -0.25) is 0 Å². The highest BCUT2D eigenvalue weighted by Gasteiger charge is 2.40. The minimum atomic E-state index is 0.241. The number of ether oxygens (including phenoxy) is 1. The standard InChI is InChI=1S/C13H25NOS/c1-2-3-4-7-14-12-5-8-15-13(10-12)6-9-16-11-13/h12,14H,2-11H2,1H3. The Bertz CT molecular complexity index is 204. The summed E-state index contributed by atoms with van der Waals surface area (Å²) in [4.78, 5) is 0. The molecule has 0 saturated carbocycles. The van der Waals surface area contributed by atoms with Gasteiger partial charge in [0, 0.05) is 18.4 Å². The van der Waals surface area contributed by atoms with Crippen molar-refractivity contribution >= 4 is 11.8 Å². The maximum atomic E-state index is 6.02. The van der Waals surface area contributed by atoms with E-state index in [4.69, 9.17) is 4.74 Å². The third-order valence-corrected chi connectivity index (χ3v) is 5.00. The van der Waals surface area contributed by atoms with Crippen molar-refractivity contribution in [2.45, 2.75) is 57.1 Å². The van der Waals surface area contributed by atoms with E-state index < -0.39 is 0 Å². The van der Waals surface area contributed by atoms with Crippen molar-refractivity contribution in [3.05, 3.63) is 0 Å². The number of nitrogens with one attached hydrogen (secondary N) is 1. The SMILES string of the molecule is CCCCCNC1CCOC2(CCSC2)C1. The molecule has 2 fully saturated rings. The second-order valence-corrected chi connectivity index (χ2v) is 6.29. The lowest BCUT2D eigenvalue weighted by atomic mass is 9.90. The molecule has 3 heteroatoms. The van der Waals surface area contributed by atoms with Crippen LogP contribution in [0.5, 0.6) is 0 Å². The van der Waals surface area contributed by atoms with Crippen LogP contribution >= 0.6 is 11.8 Å². The van der Waals surface area contributed by atoms with Crippen LogP contribution < -0.4 is 5.32 Å². The summed E-state index contributed by atoms with van der Waals surface area (Å²) in [5.41, 5.74) is 0.241. The average Bonchev–Trinajstić information content (AvgIpc) is 2.73. The molecule has 2 aliphatic heterocycles. The van der Waals surface area contributed by atoms with Crippen molar-refractivity contribution in [3.8, 4) is 0 Å². The van der Waals surface area contributed by atoms with Crippen molar-refractivity contribution < 1.29 is 4.74 Å². The molecule has 0 amide bonds. The van der Waals surface area contributed by atoms with Gasteiger partial charge in [-0.2, -0.15) is 11.8 Å². The lowest BCUT2D eigenvalue weighted by molar-refractivity contribution is -0.0700. The predicted octanol–water partition coefficient (Wildman–Crippen LogP) is 2.82. The molecule has 0 bridgehead atoms. The number of hydrogen-bond acceptors (Lipinski definition) is 3. The van der Waals surface area contributed by atoms with Gasteiger partial charge < -0.3 is 10.1 Å². The van der Waals surface area contributed by atoms with Crippen LogP contribution in [-0.4, -0.2) is 36.3 Å². The second-order valence-electron chi connectivity index (χ2n) is 5.19. The van der Waals surface area contributed by atoms with Gasteiger partial charge in [-0.05, 0) is 38.0 Å². The van der Waals surface area contributed by atoms with Crippen molar-refractivity contribution in [1.29, 1.82) is 0 Å². The molecule has 2 heterocycles. The third-order valence-electron chi connectivity index (χ3n) is 3.77. The molecule has 1 spiro atoms. The molecule has 2 saturated heterocycles. The first-order chi connectivity index (χ1) is 7.85. The monoisotopic (exact) mass is 243 g/mol. The third kappa shape index (κ3) is 3.38. The first-order valence-electron chi connectivity index (χ1n) is 6.80. The normalized spacial score (nSPS) is 34.7. The number of hydrogen-bond donors (Lipinski definition) is 1. The van der Waals surface area contributed by atoms with Crippen LogP contribution in [0.3, 0.4) is 0 Å². The Morgan fingerprint density at radius 3 is 3.12 bits per heavy atom. The Labute approximate surface area is 104 Å². The summed E-state index contributed by atoms with van der Waals surface area (Å²) in [7, 11) is 0. The number of thioether (sulfide) groups is 1. The number of unbranched alkanes of at least 4 members (excludes halogenated alkanes) is 2. The lowest BCUT2D eigenvalue weighted by Crippen LogP contribution is -2.47. The van der Waals surface area contributed by atoms with Gasteiger partial charge in [0.2, 0.25) is 0 Å². The van der Waals surface area contributed by atoms with E-state index in [9.17, 15) is 0 Å². The fourth-order valence-electron chi connectivity index (χ4n) is 2.75. The Hall–Kier alpha value is 0.270. The van der Waals surface area contributed by atoms with Gasteiger partial charge in [0.25, 0.3) is 0 Å². The summed E-state index contributed by atoms with van der Waals surface area (Å²) in [6, 6.07) is 0.712. The number of rotatable bonds is 5. The van der Waals surface area contributed by atoms with E-state index in [0.29, 0.717) is 6.04 Å². The van der Waals surface area contributed by atoms with Gasteiger partial charge in [-0.1, -0.05) is 19.8 Å². The van der Waals surface area contributed by atoms with Crippen molar-refractivity contribution in [1.82, 2.24) is 5.32 Å². The quantitative estimate of drug-likeness (QED) is 0.750. The van der Waals surface area contributed by atoms with Gasteiger partial charge in [0.1, 0.15) is 0 Å².